The molecule has 0 radical (unpaired) electrons. The molecule has 8 nitrogen and oxygen atoms in total. The predicted octanol–water partition coefficient (Wildman–Crippen LogP) is 11.6. The van der Waals surface area contributed by atoms with E-state index in [4.69, 9.17) is 23.6 Å². The largest absolute Gasteiger partial charge is 2.00 e. The van der Waals surface area contributed by atoms with E-state index in [0.717, 1.165) is 84.9 Å². The average Bonchev–Trinajstić information content (AvgIpc) is 3.74. The molecule has 368 valence electrons. The minimum Gasteiger partial charge on any atom is -0.549 e. The van der Waals surface area contributed by atoms with Gasteiger partial charge in [0, 0.05) is 12.1 Å². The summed E-state index contributed by atoms with van der Waals surface area (Å²) in [6.07, 6.45) is 28.9. The molecule has 8 fully saturated rings. The molecule has 63 heavy (non-hydrogen) atoms. The molecule has 11 heteroatoms. The number of carbonyl (C=O) groups is 2. The molecule has 0 saturated heterocycles. The van der Waals surface area contributed by atoms with E-state index in [1.807, 2.05) is 0 Å². The van der Waals surface area contributed by atoms with Crippen LogP contribution in [-0.2, 0) is 30.7 Å². The van der Waals surface area contributed by atoms with E-state index in [0.29, 0.717) is 33.5 Å². The SMILES string of the molecule is CCC[C@@H](C)[C@H]1CC[C@@H]2C3CCC4CC(N(Cl)CC(=O)[O-])CC[C@]4(C)C3CC[C@@]21C.CCC[C@@H](C)[C@H]1CC[C@@H]2C3CCC4CC(N(Cl)CC(=O)[O-])CC[C@]4(C)C3CC[C@@]21C.N.N.[Pt+2]. The van der Waals surface area contributed by atoms with Gasteiger partial charge in [-0.15, -0.1) is 0 Å². The second-order valence-corrected chi connectivity index (χ2v) is 24.9. The molecule has 0 heterocycles. The van der Waals surface area contributed by atoms with Crippen LogP contribution in [0.3, 0.4) is 0 Å². The van der Waals surface area contributed by atoms with Crippen LogP contribution >= 0.6 is 23.6 Å². The van der Waals surface area contributed by atoms with Crippen molar-refractivity contribution in [2.45, 2.75) is 209 Å². The summed E-state index contributed by atoms with van der Waals surface area (Å²) in [5.74, 6) is 8.28. The van der Waals surface area contributed by atoms with Gasteiger partial charge in [0.2, 0.25) is 0 Å². The number of aliphatic carboxylic acids is 2. The predicted molar refractivity (Wildman–Crippen MR) is 251 cm³/mol. The number of halogens is 2. The third-order valence-electron chi connectivity index (χ3n) is 21.6. The third kappa shape index (κ3) is 10.5. The topological polar surface area (TPSA) is 157 Å². The van der Waals surface area contributed by atoms with E-state index in [1.165, 1.54) is 124 Å². The Morgan fingerprint density at radius 3 is 1.21 bits per heavy atom. The van der Waals surface area contributed by atoms with Gasteiger partial charge >= 0.3 is 21.1 Å². The number of hydrogen-bond donors (Lipinski definition) is 2. The standard InChI is InChI=1S/2C26H44ClNO2.2H3N.Pt/c2*1-5-6-17(2)21-9-10-22-20-8-7-18-15-19(28(27)16-24(29)30)11-13-25(18,3)23(20)12-14-26(21,22)4;;;/h2*17-23H,5-16H2,1-4H3,(H,29,30);2*1H3;/q;;;;+2/p-2/t2*17-,18?,19?,20?,21-,22-,23?,25+,26-;;;/m11.../s1. The zero-order chi connectivity index (χ0) is 43.4. The van der Waals surface area contributed by atoms with Crippen LogP contribution in [0.2, 0.25) is 0 Å². The van der Waals surface area contributed by atoms with Crippen molar-refractivity contribution in [2.75, 3.05) is 13.1 Å². The van der Waals surface area contributed by atoms with Crippen LogP contribution in [0.1, 0.15) is 197 Å². The third-order valence-corrected chi connectivity index (χ3v) is 22.4. The van der Waals surface area contributed by atoms with Crippen LogP contribution < -0.4 is 22.5 Å². The molecule has 0 aromatic rings. The first-order valence-electron chi connectivity index (χ1n) is 25.7. The molecule has 18 atom stereocenters. The molecule has 0 bridgehead atoms. The number of carboxylic acid groups (broad SMARTS) is 2. The number of rotatable bonds is 12. The normalized spacial score (nSPS) is 44.5. The van der Waals surface area contributed by atoms with Crippen LogP contribution in [0.4, 0.5) is 0 Å². The van der Waals surface area contributed by atoms with E-state index in [2.05, 4.69) is 55.4 Å². The Balaban J connectivity index is 0.000000264. The number of hydrogen-bond acceptors (Lipinski definition) is 8. The van der Waals surface area contributed by atoms with Gasteiger partial charge < -0.3 is 32.1 Å². The van der Waals surface area contributed by atoms with E-state index in [9.17, 15) is 19.8 Å². The van der Waals surface area contributed by atoms with Gasteiger partial charge in [-0.25, -0.2) is 8.84 Å². The average molecular weight is 1100 g/mol. The van der Waals surface area contributed by atoms with Crippen molar-refractivity contribution in [1.82, 2.24) is 21.1 Å². The Labute approximate surface area is 409 Å². The number of fused-ring (bicyclic) bond motifs is 10. The number of carboxylic acids is 2. The van der Waals surface area contributed by atoms with Crippen molar-refractivity contribution in [3.63, 3.8) is 0 Å². The first-order chi connectivity index (χ1) is 28.4. The smallest absolute Gasteiger partial charge is 0.549 e. The summed E-state index contributed by atoms with van der Waals surface area (Å²) in [5.41, 5.74) is 1.98. The van der Waals surface area contributed by atoms with Gasteiger partial charge in [-0.3, -0.25) is 0 Å². The van der Waals surface area contributed by atoms with Crippen LogP contribution in [0, 0.1) is 92.7 Å². The van der Waals surface area contributed by atoms with Gasteiger partial charge in [-0.05, 0) is 232 Å². The number of nitrogens with zero attached hydrogens (tertiary/aromatic N) is 2. The summed E-state index contributed by atoms with van der Waals surface area (Å²) < 4.78 is 3.05. The molecule has 0 aliphatic heterocycles. The maximum Gasteiger partial charge on any atom is 2.00 e. The van der Waals surface area contributed by atoms with Crippen molar-refractivity contribution in [1.29, 1.82) is 0 Å². The molecule has 0 aromatic heterocycles. The van der Waals surface area contributed by atoms with Crippen LogP contribution in [0.15, 0.2) is 0 Å². The van der Waals surface area contributed by atoms with Crippen molar-refractivity contribution < 1.29 is 40.9 Å². The Morgan fingerprint density at radius 2 is 0.873 bits per heavy atom. The molecule has 0 spiro atoms. The molecule has 8 rings (SSSR count). The minimum absolute atomic E-state index is 0. The number of carbonyl (C=O) groups excluding carboxylic acids is 2. The molecule has 0 aromatic carbocycles. The Bertz CT molecular complexity index is 1410. The van der Waals surface area contributed by atoms with Gasteiger partial charge in [-0.2, -0.15) is 0 Å². The molecule has 8 unspecified atom stereocenters. The van der Waals surface area contributed by atoms with Gasteiger partial charge in [-0.1, -0.05) is 81.1 Å². The summed E-state index contributed by atoms with van der Waals surface area (Å²) in [5, 5.41) is 22.0. The van der Waals surface area contributed by atoms with Gasteiger partial charge in [0.05, 0.1) is 25.0 Å². The summed E-state index contributed by atoms with van der Waals surface area (Å²) in [4.78, 5) is 22.0. The molecular weight excluding hydrogens is 1010 g/mol. The Morgan fingerprint density at radius 1 is 0.540 bits per heavy atom. The monoisotopic (exact) mass is 1100 g/mol. The van der Waals surface area contributed by atoms with Crippen molar-refractivity contribution in [2.24, 2.45) is 92.7 Å². The maximum atomic E-state index is 11.0. The molecule has 6 N–H and O–H groups in total. The maximum absolute atomic E-state index is 11.0. The molecule has 0 amide bonds. The second-order valence-electron chi connectivity index (χ2n) is 24.0. The second kappa shape index (κ2) is 22.2. The summed E-state index contributed by atoms with van der Waals surface area (Å²) in [7, 11) is 0. The van der Waals surface area contributed by atoms with Crippen molar-refractivity contribution >= 4 is 35.5 Å². The van der Waals surface area contributed by atoms with E-state index >= 15 is 0 Å². The fraction of sp³-hybridized carbons (Fsp3) is 0.962. The van der Waals surface area contributed by atoms with Gasteiger partial charge in [0.25, 0.3) is 0 Å². The van der Waals surface area contributed by atoms with Crippen molar-refractivity contribution in [3.8, 4) is 0 Å². The van der Waals surface area contributed by atoms with E-state index in [1.54, 1.807) is 0 Å². The Kier molecular flexibility index (Phi) is 19.6. The summed E-state index contributed by atoms with van der Waals surface area (Å²) in [6.45, 7) is 19.9. The summed E-state index contributed by atoms with van der Waals surface area (Å²) >= 11 is 12.7. The Hall–Kier alpha value is 0.0483. The van der Waals surface area contributed by atoms with Crippen molar-refractivity contribution in [3.05, 3.63) is 0 Å². The van der Waals surface area contributed by atoms with Crippen LogP contribution in [0.25, 0.3) is 0 Å². The summed E-state index contributed by atoms with van der Waals surface area (Å²) in [6, 6.07) is 0.387. The van der Waals surface area contributed by atoms with E-state index in [-0.39, 0.29) is 58.5 Å². The molecule has 8 saturated carbocycles. The zero-order valence-corrected chi connectivity index (χ0v) is 44.9. The molecule has 8 aliphatic rings. The molecular formula is C52H92Cl2N4O4Pt. The molecule has 8 aliphatic carbocycles. The van der Waals surface area contributed by atoms with Crippen LogP contribution in [0.5, 0.6) is 0 Å². The van der Waals surface area contributed by atoms with Gasteiger partial charge in [0.15, 0.2) is 0 Å². The van der Waals surface area contributed by atoms with Gasteiger partial charge in [0.1, 0.15) is 0 Å². The first kappa shape index (κ1) is 55.6. The van der Waals surface area contributed by atoms with E-state index < -0.39 is 11.9 Å². The zero-order valence-electron chi connectivity index (χ0n) is 41.1. The quantitative estimate of drug-likeness (QED) is 0.183. The fourth-order valence-corrected chi connectivity index (χ4v) is 19.3. The first-order valence-corrected chi connectivity index (χ1v) is 26.3. The van der Waals surface area contributed by atoms with Crippen LogP contribution in [-0.4, -0.2) is 45.9 Å². The minimum atomic E-state index is -1.07. The fourth-order valence-electron chi connectivity index (χ4n) is 18.7.